The largest absolute Gasteiger partial charge is 0.463 e. The molecule has 0 aromatic heterocycles. The van der Waals surface area contributed by atoms with Crippen LogP contribution in [0.1, 0.15) is 40.5 Å². The zero-order valence-electron chi connectivity index (χ0n) is 18.7. The maximum Gasteiger partial charge on any atom is 0.303 e. The Morgan fingerprint density at radius 2 is 1.39 bits per heavy atom. The van der Waals surface area contributed by atoms with Crippen LogP contribution in [-0.4, -0.2) is 79.2 Å². The van der Waals surface area contributed by atoms with Gasteiger partial charge in [0.15, 0.2) is 12.2 Å². The summed E-state index contributed by atoms with van der Waals surface area (Å²) >= 11 is 3.61. The Balaban J connectivity index is 3.15. The smallest absolute Gasteiger partial charge is 0.303 e. The van der Waals surface area contributed by atoms with Crippen molar-refractivity contribution in [2.45, 2.75) is 71.0 Å². The van der Waals surface area contributed by atoms with Gasteiger partial charge in [-0.15, -0.1) is 0 Å². The summed E-state index contributed by atoms with van der Waals surface area (Å²) < 4.78 is 23.6. The Hall–Kier alpha value is -2.87. The van der Waals surface area contributed by atoms with Crippen molar-refractivity contribution >= 4 is 48.4 Å². The second-order valence-electron chi connectivity index (χ2n) is 7.23. The molecule has 3 amide bonds. The predicted molar refractivity (Wildman–Crippen MR) is 113 cm³/mol. The second-order valence-corrected chi connectivity index (χ2v) is 7.45. The molecular formula is C19H29N3O10S. The van der Waals surface area contributed by atoms with Gasteiger partial charge >= 0.3 is 17.9 Å². The van der Waals surface area contributed by atoms with E-state index < -0.39 is 66.1 Å². The van der Waals surface area contributed by atoms with Gasteiger partial charge in [0, 0.05) is 47.1 Å². The molecule has 5 atom stereocenters. The first-order valence-electron chi connectivity index (χ1n) is 10.0. The van der Waals surface area contributed by atoms with E-state index in [1.165, 1.54) is 13.8 Å². The third kappa shape index (κ3) is 10.1. The predicted octanol–water partition coefficient (Wildman–Crippen LogP) is -1.46. The van der Waals surface area contributed by atoms with Gasteiger partial charge in [-0.25, -0.2) is 0 Å². The van der Waals surface area contributed by atoms with Crippen molar-refractivity contribution < 1.29 is 47.7 Å². The Morgan fingerprint density at radius 3 is 1.91 bits per heavy atom. The highest BCUT2D eigenvalue weighted by Crippen LogP contribution is 2.27. The molecule has 0 aromatic carbocycles. The molecule has 0 spiro atoms. The van der Waals surface area contributed by atoms with Crippen molar-refractivity contribution in [3.8, 4) is 0 Å². The van der Waals surface area contributed by atoms with E-state index in [0.29, 0.717) is 0 Å². The first-order valence-corrected chi connectivity index (χ1v) is 10.5. The molecule has 0 bridgehead atoms. The number of carbonyl (C=O) groups excluding carboxylic acids is 6. The Labute approximate surface area is 196 Å². The van der Waals surface area contributed by atoms with E-state index >= 15 is 0 Å². The molecule has 1 aliphatic rings. The SMILES string of the molecule is CC(=O)NC1C(CNC(=O)CCC(=O)NS)OC(COC(C)=O)C(OC(C)=O)C1OC(C)=O. The van der Waals surface area contributed by atoms with Gasteiger partial charge < -0.3 is 34.3 Å². The highest BCUT2D eigenvalue weighted by Gasteiger charge is 2.50. The highest BCUT2D eigenvalue weighted by atomic mass is 32.1. The van der Waals surface area contributed by atoms with Gasteiger partial charge in [0.1, 0.15) is 12.7 Å². The first-order chi connectivity index (χ1) is 15.4. The fourth-order valence-corrected chi connectivity index (χ4v) is 3.30. The molecule has 1 rings (SSSR count). The van der Waals surface area contributed by atoms with Crippen LogP contribution in [0.25, 0.3) is 0 Å². The van der Waals surface area contributed by atoms with Crippen LogP contribution in [0, 0.1) is 0 Å². The van der Waals surface area contributed by atoms with E-state index in [0.717, 1.165) is 13.8 Å². The number of thiol groups is 1. The summed E-state index contributed by atoms with van der Waals surface area (Å²) in [7, 11) is 0. The molecule has 33 heavy (non-hydrogen) atoms. The highest BCUT2D eigenvalue weighted by molar-refractivity contribution is 7.78. The average molecular weight is 492 g/mol. The monoisotopic (exact) mass is 491 g/mol. The lowest BCUT2D eigenvalue weighted by atomic mass is 9.91. The molecule has 1 heterocycles. The number of hydrogen-bond acceptors (Lipinski definition) is 11. The maximum atomic E-state index is 12.1. The number of esters is 3. The molecule has 13 nitrogen and oxygen atoms in total. The summed E-state index contributed by atoms with van der Waals surface area (Å²) in [6, 6.07) is -1.02. The van der Waals surface area contributed by atoms with Crippen molar-refractivity contribution in [1.29, 1.82) is 0 Å². The van der Waals surface area contributed by atoms with Gasteiger partial charge in [-0.3, -0.25) is 28.8 Å². The van der Waals surface area contributed by atoms with Crippen molar-refractivity contribution in [3.05, 3.63) is 0 Å². The molecule has 5 unspecified atom stereocenters. The number of nitrogens with one attached hydrogen (secondary N) is 3. The van der Waals surface area contributed by atoms with Crippen molar-refractivity contribution in [3.63, 3.8) is 0 Å². The van der Waals surface area contributed by atoms with Crippen molar-refractivity contribution in [2.75, 3.05) is 13.2 Å². The zero-order valence-corrected chi connectivity index (χ0v) is 19.6. The van der Waals surface area contributed by atoms with Crippen LogP contribution in [0.5, 0.6) is 0 Å². The minimum atomic E-state index is -1.21. The van der Waals surface area contributed by atoms with Crippen molar-refractivity contribution in [2.24, 2.45) is 0 Å². The first kappa shape index (κ1) is 28.2. The van der Waals surface area contributed by atoms with Crippen LogP contribution in [0.2, 0.25) is 0 Å². The summed E-state index contributed by atoms with van der Waals surface area (Å²) in [4.78, 5) is 70.0. The molecule has 3 N–H and O–H groups in total. The molecule has 0 radical (unpaired) electrons. The maximum absolute atomic E-state index is 12.1. The Bertz CT molecular complexity index is 762. The summed E-state index contributed by atoms with van der Waals surface area (Å²) in [5.74, 6) is -3.49. The average Bonchev–Trinajstić information content (AvgIpc) is 2.71. The van der Waals surface area contributed by atoms with Gasteiger partial charge in [0.05, 0.1) is 12.1 Å². The van der Waals surface area contributed by atoms with E-state index in [-0.39, 0.29) is 26.0 Å². The fraction of sp³-hybridized carbons (Fsp3) is 0.684. The van der Waals surface area contributed by atoms with Crippen molar-refractivity contribution in [1.82, 2.24) is 15.4 Å². The lowest BCUT2D eigenvalue weighted by molar-refractivity contribution is -0.222. The molecule has 0 aromatic rings. The summed E-state index contributed by atoms with van der Waals surface area (Å²) in [6.07, 6.45) is -4.69. The van der Waals surface area contributed by atoms with Crippen LogP contribution in [0.15, 0.2) is 0 Å². The lowest BCUT2D eigenvalue weighted by Crippen LogP contribution is -2.67. The molecule has 0 saturated carbocycles. The summed E-state index contributed by atoms with van der Waals surface area (Å²) in [6.45, 7) is 4.16. The number of carbonyl (C=O) groups is 6. The van der Waals surface area contributed by atoms with Gasteiger partial charge in [0.2, 0.25) is 17.7 Å². The van der Waals surface area contributed by atoms with Crippen LogP contribution in [0.3, 0.4) is 0 Å². The van der Waals surface area contributed by atoms with E-state index in [9.17, 15) is 28.8 Å². The minimum absolute atomic E-state index is 0.102. The van der Waals surface area contributed by atoms with Crippen LogP contribution >= 0.6 is 12.8 Å². The van der Waals surface area contributed by atoms with Gasteiger partial charge in [0.25, 0.3) is 0 Å². The van der Waals surface area contributed by atoms with E-state index in [1.807, 2.05) is 0 Å². The standard InChI is InChI=1S/C19H29N3O10S/c1-9(23)21-17-13(7-20-15(27)5-6-16(28)22-33)32-14(8-29-10(2)24)18(30-11(3)25)19(17)31-12(4)26/h13-14,17-19,33H,5-8H2,1-4H3,(H,20,27)(H,21,23)(H,22,28). The fourth-order valence-electron chi connectivity index (χ4n) is 3.18. The third-order valence-corrected chi connectivity index (χ3v) is 4.67. The van der Waals surface area contributed by atoms with Crippen LogP contribution in [0.4, 0.5) is 0 Å². The molecule has 14 heteroatoms. The van der Waals surface area contributed by atoms with Gasteiger partial charge in [-0.1, -0.05) is 12.8 Å². The number of amides is 3. The topological polar surface area (TPSA) is 175 Å². The lowest BCUT2D eigenvalue weighted by Gasteiger charge is -2.45. The van der Waals surface area contributed by atoms with E-state index in [2.05, 4.69) is 28.2 Å². The molecule has 0 aliphatic carbocycles. The van der Waals surface area contributed by atoms with Gasteiger partial charge in [-0.05, 0) is 0 Å². The van der Waals surface area contributed by atoms with Gasteiger partial charge in [-0.2, -0.15) is 0 Å². The Morgan fingerprint density at radius 1 is 0.818 bits per heavy atom. The number of hydrogen-bond donors (Lipinski definition) is 4. The quantitative estimate of drug-likeness (QED) is 0.161. The molecule has 1 saturated heterocycles. The van der Waals surface area contributed by atoms with Crippen LogP contribution < -0.4 is 15.4 Å². The molecular weight excluding hydrogens is 462 g/mol. The minimum Gasteiger partial charge on any atom is -0.463 e. The summed E-state index contributed by atoms with van der Waals surface area (Å²) in [5, 5.41) is 5.17. The zero-order chi connectivity index (χ0) is 25.1. The normalized spacial score (nSPS) is 24.1. The molecule has 186 valence electrons. The third-order valence-electron chi connectivity index (χ3n) is 4.42. The van der Waals surface area contributed by atoms with Crippen LogP contribution in [-0.2, 0) is 47.7 Å². The molecule has 1 aliphatic heterocycles. The molecule has 1 fully saturated rings. The summed E-state index contributed by atoms with van der Waals surface area (Å²) in [5.41, 5.74) is 0. The number of rotatable bonds is 10. The van der Waals surface area contributed by atoms with E-state index in [4.69, 9.17) is 18.9 Å². The number of ether oxygens (including phenoxy) is 4. The second kappa shape index (κ2) is 13.6. The van der Waals surface area contributed by atoms with E-state index in [1.54, 1.807) is 0 Å². The Kier molecular flexibility index (Phi) is 11.6.